The van der Waals surface area contributed by atoms with Gasteiger partial charge in [-0.05, 0) is 47.8 Å². The first-order valence-electron chi connectivity index (χ1n) is 5.16. The molecule has 2 nitrogen and oxygen atoms in total. The second-order valence-electron chi connectivity index (χ2n) is 4.19. The Morgan fingerprint density at radius 2 is 2.47 bits per heavy atom. The van der Waals surface area contributed by atoms with Gasteiger partial charge >= 0.3 is 0 Å². The number of thiophene rings is 1. The van der Waals surface area contributed by atoms with Gasteiger partial charge in [0.1, 0.15) is 0 Å². The van der Waals surface area contributed by atoms with Crippen LogP contribution < -0.4 is 0 Å². The number of ether oxygens (including phenoxy) is 1. The van der Waals surface area contributed by atoms with Gasteiger partial charge in [0, 0.05) is 17.9 Å². The molecule has 2 unspecified atom stereocenters. The van der Waals surface area contributed by atoms with E-state index in [1.165, 1.54) is 4.88 Å². The van der Waals surface area contributed by atoms with Crippen LogP contribution in [0.3, 0.4) is 0 Å². The number of hydrogen-bond donors (Lipinski definition) is 1. The van der Waals surface area contributed by atoms with E-state index in [-0.39, 0.29) is 5.60 Å². The molecule has 1 fully saturated rings. The van der Waals surface area contributed by atoms with E-state index in [9.17, 15) is 5.11 Å². The second-order valence-corrected chi connectivity index (χ2v) is 6.74. The van der Waals surface area contributed by atoms with Crippen molar-refractivity contribution in [1.82, 2.24) is 0 Å². The molecule has 1 N–H and O–H groups in total. The molecule has 84 valence electrons. The maximum absolute atomic E-state index is 10.1. The summed E-state index contributed by atoms with van der Waals surface area (Å²) in [6.45, 7) is 2.79. The fraction of sp³-hybridized carbons (Fsp3) is 0.636. The minimum Gasteiger partial charge on any atom is -0.390 e. The highest BCUT2D eigenvalue weighted by Crippen LogP contribution is 2.32. The summed E-state index contributed by atoms with van der Waals surface area (Å²) in [5.41, 5.74) is -0.337. The Bertz CT molecular complexity index is 331. The minimum atomic E-state index is -0.398. The Kier molecular flexibility index (Phi) is 3.50. The van der Waals surface area contributed by atoms with Crippen molar-refractivity contribution in [2.45, 2.75) is 37.9 Å². The molecule has 0 radical (unpaired) electrons. The summed E-state index contributed by atoms with van der Waals surface area (Å²) in [5.74, 6) is 0. The van der Waals surface area contributed by atoms with E-state index in [0.29, 0.717) is 6.42 Å². The topological polar surface area (TPSA) is 29.5 Å². The van der Waals surface area contributed by atoms with E-state index in [2.05, 4.69) is 22.0 Å². The molecule has 1 aromatic heterocycles. The Morgan fingerprint density at radius 1 is 1.67 bits per heavy atom. The third-order valence-corrected chi connectivity index (χ3v) is 4.62. The van der Waals surface area contributed by atoms with Crippen molar-refractivity contribution in [2.75, 3.05) is 6.61 Å². The molecule has 2 rings (SSSR count). The average molecular weight is 291 g/mol. The predicted molar refractivity (Wildman–Crippen MR) is 65.3 cm³/mol. The van der Waals surface area contributed by atoms with Gasteiger partial charge in [0.2, 0.25) is 0 Å². The Morgan fingerprint density at radius 3 is 3.00 bits per heavy atom. The maximum Gasteiger partial charge on any atom is 0.0916 e. The third kappa shape index (κ3) is 2.61. The quantitative estimate of drug-likeness (QED) is 0.927. The van der Waals surface area contributed by atoms with E-state index < -0.39 is 6.10 Å². The monoisotopic (exact) mass is 290 g/mol. The van der Waals surface area contributed by atoms with Crippen LogP contribution in [0.25, 0.3) is 0 Å². The summed E-state index contributed by atoms with van der Waals surface area (Å²) in [6, 6.07) is 4.07. The summed E-state index contributed by atoms with van der Waals surface area (Å²) in [5, 5.41) is 10.1. The lowest BCUT2D eigenvalue weighted by Gasteiger charge is -2.28. The van der Waals surface area contributed by atoms with Crippen molar-refractivity contribution < 1.29 is 9.84 Å². The van der Waals surface area contributed by atoms with Gasteiger partial charge in [-0.1, -0.05) is 0 Å². The van der Waals surface area contributed by atoms with Gasteiger partial charge < -0.3 is 9.84 Å². The Labute approximate surface area is 102 Å². The van der Waals surface area contributed by atoms with Crippen molar-refractivity contribution >= 4 is 27.3 Å². The molecule has 15 heavy (non-hydrogen) atoms. The number of hydrogen-bond acceptors (Lipinski definition) is 3. The summed E-state index contributed by atoms with van der Waals surface area (Å²) < 4.78 is 6.74. The van der Waals surface area contributed by atoms with E-state index in [0.717, 1.165) is 23.2 Å². The van der Waals surface area contributed by atoms with Gasteiger partial charge in [-0.15, -0.1) is 11.3 Å². The number of halogens is 1. The van der Waals surface area contributed by atoms with Gasteiger partial charge in [-0.2, -0.15) is 0 Å². The molecule has 2 heterocycles. The Hall–Kier alpha value is 0.1000. The van der Waals surface area contributed by atoms with Crippen LogP contribution >= 0.6 is 27.3 Å². The largest absolute Gasteiger partial charge is 0.390 e. The lowest BCUT2D eigenvalue weighted by molar-refractivity contribution is -0.0765. The molecule has 4 heteroatoms. The van der Waals surface area contributed by atoms with E-state index >= 15 is 0 Å². The van der Waals surface area contributed by atoms with Gasteiger partial charge in [-0.3, -0.25) is 0 Å². The predicted octanol–water partition coefficient (Wildman–Crippen LogP) is 2.98. The number of aliphatic hydroxyl groups is 1. The van der Waals surface area contributed by atoms with Crippen LogP contribution in [0, 0.1) is 0 Å². The molecule has 1 aliphatic heterocycles. The van der Waals surface area contributed by atoms with Crippen molar-refractivity contribution in [2.24, 2.45) is 0 Å². The zero-order valence-corrected chi connectivity index (χ0v) is 11.1. The zero-order chi connectivity index (χ0) is 10.9. The summed E-state index contributed by atoms with van der Waals surface area (Å²) in [4.78, 5) is 1.20. The number of rotatable bonds is 3. The molecule has 0 amide bonds. The molecule has 1 saturated heterocycles. The molecule has 1 aromatic rings. The molecular weight excluding hydrogens is 276 g/mol. The van der Waals surface area contributed by atoms with Gasteiger partial charge in [0.25, 0.3) is 0 Å². The van der Waals surface area contributed by atoms with Crippen LogP contribution in [-0.4, -0.2) is 23.4 Å². The highest BCUT2D eigenvalue weighted by molar-refractivity contribution is 9.11. The van der Waals surface area contributed by atoms with Crippen molar-refractivity contribution in [3.8, 4) is 0 Å². The maximum atomic E-state index is 10.1. The molecule has 0 aliphatic carbocycles. The van der Waals surface area contributed by atoms with Crippen LogP contribution in [0.5, 0.6) is 0 Å². The van der Waals surface area contributed by atoms with E-state index in [1.807, 2.05) is 13.0 Å². The fourth-order valence-electron chi connectivity index (χ4n) is 1.93. The van der Waals surface area contributed by atoms with Crippen LogP contribution in [0.2, 0.25) is 0 Å². The minimum absolute atomic E-state index is 0.337. The summed E-state index contributed by atoms with van der Waals surface area (Å²) in [6.07, 6.45) is 2.31. The Balaban J connectivity index is 1.99. The van der Waals surface area contributed by atoms with Crippen LogP contribution in [0.1, 0.15) is 24.6 Å². The molecule has 0 saturated carbocycles. The average Bonchev–Trinajstić information content (AvgIpc) is 2.76. The third-order valence-electron chi connectivity index (χ3n) is 2.98. The molecular formula is C11H15BrO2S. The van der Waals surface area contributed by atoms with Crippen molar-refractivity contribution in [1.29, 1.82) is 0 Å². The fourth-order valence-corrected chi connectivity index (χ4v) is 3.45. The first-order chi connectivity index (χ1) is 7.10. The van der Waals surface area contributed by atoms with E-state index in [1.54, 1.807) is 11.3 Å². The first kappa shape index (κ1) is 11.6. The molecule has 1 aliphatic rings. The highest BCUT2D eigenvalue weighted by atomic mass is 79.9. The van der Waals surface area contributed by atoms with Crippen molar-refractivity contribution in [3.05, 3.63) is 20.8 Å². The molecule has 2 atom stereocenters. The number of aliphatic hydroxyl groups excluding tert-OH is 1. The summed E-state index contributed by atoms with van der Waals surface area (Å²) >= 11 is 5.10. The normalized spacial score (nSPS) is 28.2. The first-order valence-corrected chi connectivity index (χ1v) is 6.77. The SMILES string of the molecule is CC1(C(O)Cc2ccc(Br)s2)CCCO1. The standard InChI is InChI=1S/C11H15BrO2S/c1-11(5-2-6-14-11)9(13)7-8-3-4-10(12)15-8/h3-4,9,13H,2,5-7H2,1H3. The lowest BCUT2D eigenvalue weighted by atomic mass is 9.93. The molecule has 0 aromatic carbocycles. The van der Waals surface area contributed by atoms with Crippen LogP contribution in [0.15, 0.2) is 15.9 Å². The van der Waals surface area contributed by atoms with Gasteiger partial charge in [-0.25, -0.2) is 0 Å². The van der Waals surface area contributed by atoms with Crippen LogP contribution in [0.4, 0.5) is 0 Å². The lowest BCUT2D eigenvalue weighted by Crippen LogP contribution is -2.39. The second kappa shape index (κ2) is 4.53. The zero-order valence-electron chi connectivity index (χ0n) is 8.70. The highest BCUT2D eigenvalue weighted by Gasteiger charge is 2.37. The van der Waals surface area contributed by atoms with Crippen LogP contribution in [-0.2, 0) is 11.2 Å². The smallest absolute Gasteiger partial charge is 0.0916 e. The van der Waals surface area contributed by atoms with Crippen molar-refractivity contribution in [3.63, 3.8) is 0 Å². The van der Waals surface area contributed by atoms with E-state index in [4.69, 9.17) is 4.74 Å². The molecule has 0 spiro atoms. The van der Waals surface area contributed by atoms with Gasteiger partial charge in [0.05, 0.1) is 15.5 Å². The van der Waals surface area contributed by atoms with Gasteiger partial charge in [0.15, 0.2) is 0 Å². The summed E-state index contributed by atoms with van der Waals surface area (Å²) in [7, 11) is 0. The molecule has 0 bridgehead atoms.